The van der Waals surface area contributed by atoms with Crippen LogP contribution in [0.25, 0.3) is 33.7 Å². The summed E-state index contributed by atoms with van der Waals surface area (Å²) in [5.41, 5.74) is 7.32. The van der Waals surface area contributed by atoms with Crippen molar-refractivity contribution in [3.8, 4) is 28.7 Å². The lowest BCUT2D eigenvalue weighted by Gasteiger charge is -2.14. The van der Waals surface area contributed by atoms with Gasteiger partial charge < -0.3 is 24.7 Å². The van der Waals surface area contributed by atoms with E-state index in [1.165, 1.54) is 0 Å². The van der Waals surface area contributed by atoms with Crippen molar-refractivity contribution in [2.75, 3.05) is 11.9 Å². The summed E-state index contributed by atoms with van der Waals surface area (Å²) >= 11 is 6.37. The molecule has 1 aliphatic rings. The Morgan fingerprint density at radius 1 is 1.20 bits per heavy atom. The topological polar surface area (TPSA) is 129 Å². The quantitative estimate of drug-likeness (QED) is 0.276. The van der Waals surface area contributed by atoms with Crippen LogP contribution in [0.15, 0.2) is 52.9 Å². The fraction of sp³-hybridized carbons (Fsp3) is 0.200. The number of imidazole rings is 1. The molecule has 0 saturated heterocycles. The molecule has 200 valence electrons. The normalized spacial score (nSPS) is 12.8. The lowest BCUT2D eigenvalue weighted by molar-refractivity contribution is 0.101. The summed E-state index contributed by atoms with van der Waals surface area (Å²) in [6, 6.07) is 16.7. The molecule has 6 rings (SSSR count). The highest BCUT2D eigenvalue weighted by Crippen LogP contribution is 2.37. The third-order valence-electron chi connectivity index (χ3n) is 7.30. The molecule has 1 amide bonds. The monoisotopic (exact) mass is 552 g/mol. The standard InChI is InChI=1S/C30H25ClN6O3/c1-16-18(5-3-6-19(16)30-36-24-12-17(15-38)11-22(31)27(24)40-30)20-7-4-8-23(21(20)13-32)35-29(39)28-34-25-14-33-10-9-26(25)37(28)2/h3-8,11-12,33,38H,9-10,14-15H2,1-2H3,(H,35,39). The highest BCUT2D eigenvalue weighted by molar-refractivity contribution is 6.34. The van der Waals surface area contributed by atoms with E-state index in [9.17, 15) is 15.2 Å². The summed E-state index contributed by atoms with van der Waals surface area (Å²) in [7, 11) is 1.84. The number of halogens is 1. The molecule has 10 heteroatoms. The van der Waals surface area contributed by atoms with E-state index in [1.807, 2.05) is 42.8 Å². The Morgan fingerprint density at radius 3 is 2.75 bits per heavy atom. The van der Waals surface area contributed by atoms with Crippen molar-refractivity contribution in [3.63, 3.8) is 0 Å². The first kappa shape index (κ1) is 25.8. The van der Waals surface area contributed by atoms with Crippen molar-refractivity contribution in [2.45, 2.75) is 26.5 Å². The fourth-order valence-corrected chi connectivity index (χ4v) is 5.53. The summed E-state index contributed by atoms with van der Waals surface area (Å²) in [5, 5.41) is 26.3. The van der Waals surface area contributed by atoms with Crippen molar-refractivity contribution in [2.24, 2.45) is 7.05 Å². The Labute approximate surface area is 235 Å². The minimum absolute atomic E-state index is 0.157. The summed E-state index contributed by atoms with van der Waals surface area (Å²) in [5.74, 6) is 0.310. The van der Waals surface area contributed by atoms with Crippen LogP contribution in [-0.4, -0.2) is 32.1 Å². The number of carbonyl (C=O) groups is 1. The second-order valence-corrected chi connectivity index (χ2v) is 10.1. The summed E-state index contributed by atoms with van der Waals surface area (Å²) in [6.45, 7) is 3.24. The van der Waals surface area contributed by atoms with Crippen LogP contribution in [-0.2, 0) is 26.6 Å². The zero-order valence-electron chi connectivity index (χ0n) is 21.9. The molecule has 0 radical (unpaired) electrons. The maximum absolute atomic E-state index is 13.3. The first-order valence-corrected chi connectivity index (χ1v) is 13.2. The SMILES string of the molecule is Cc1c(-c2nc3cc(CO)cc(Cl)c3o2)cccc1-c1cccc(NC(=O)c2nc3c(n2C)CCNC3)c1C#N. The number of oxazole rings is 1. The third-order valence-corrected chi connectivity index (χ3v) is 7.58. The molecule has 1 aliphatic heterocycles. The number of amides is 1. The van der Waals surface area contributed by atoms with Gasteiger partial charge in [0.2, 0.25) is 5.89 Å². The van der Waals surface area contributed by atoms with E-state index in [0.717, 1.165) is 41.0 Å². The molecule has 3 N–H and O–H groups in total. The summed E-state index contributed by atoms with van der Waals surface area (Å²) < 4.78 is 7.85. The smallest absolute Gasteiger partial charge is 0.291 e. The van der Waals surface area contributed by atoms with E-state index in [2.05, 4.69) is 26.7 Å². The summed E-state index contributed by atoms with van der Waals surface area (Å²) in [6.07, 6.45) is 0.801. The zero-order chi connectivity index (χ0) is 28.0. The molecule has 3 heterocycles. The minimum atomic E-state index is -0.373. The molecule has 0 aliphatic carbocycles. The first-order valence-electron chi connectivity index (χ1n) is 12.8. The number of nitriles is 1. The van der Waals surface area contributed by atoms with Gasteiger partial charge in [0.25, 0.3) is 5.91 Å². The number of aliphatic hydroxyl groups is 1. The molecule has 5 aromatic rings. The third kappa shape index (κ3) is 4.32. The average Bonchev–Trinajstić information content (AvgIpc) is 3.55. The largest absolute Gasteiger partial charge is 0.434 e. The van der Waals surface area contributed by atoms with E-state index >= 15 is 0 Å². The van der Waals surface area contributed by atoms with E-state index in [1.54, 1.807) is 24.3 Å². The second kappa shape index (κ2) is 10.2. The molecular formula is C30H25ClN6O3. The Balaban J connectivity index is 1.38. The van der Waals surface area contributed by atoms with Gasteiger partial charge in [-0.25, -0.2) is 9.97 Å². The number of nitrogens with one attached hydrogen (secondary N) is 2. The van der Waals surface area contributed by atoms with Crippen LogP contribution >= 0.6 is 11.6 Å². The van der Waals surface area contributed by atoms with Crippen molar-refractivity contribution in [3.05, 3.63) is 87.5 Å². The first-order chi connectivity index (χ1) is 19.4. The number of hydrogen-bond acceptors (Lipinski definition) is 7. The van der Waals surface area contributed by atoms with Gasteiger partial charge in [-0.05, 0) is 47.9 Å². The van der Waals surface area contributed by atoms with Crippen molar-refractivity contribution < 1.29 is 14.3 Å². The maximum atomic E-state index is 13.3. The van der Waals surface area contributed by atoms with Crippen LogP contribution in [0.5, 0.6) is 0 Å². The molecule has 0 bridgehead atoms. The zero-order valence-corrected chi connectivity index (χ0v) is 22.6. The Kier molecular flexibility index (Phi) is 6.60. The van der Waals surface area contributed by atoms with Crippen LogP contribution in [0.4, 0.5) is 5.69 Å². The van der Waals surface area contributed by atoms with Gasteiger partial charge in [0.1, 0.15) is 11.6 Å². The fourth-order valence-electron chi connectivity index (χ4n) is 5.25. The molecule has 40 heavy (non-hydrogen) atoms. The number of hydrogen-bond donors (Lipinski definition) is 3. The van der Waals surface area contributed by atoms with Crippen molar-refractivity contribution in [1.82, 2.24) is 19.9 Å². The highest BCUT2D eigenvalue weighted by atomic mass is 35.5. The predicted octanol–water partition coefficient (Wildman–Crippen LogP) is 5.12. The molecule has 0 atom stereocenters. The number of rotatable bonds is 5. The molecular weight excluding hydrogens is 528 g/mol. The number of aromatic nitrogens is 3. The van der Waals surface area contributed by atoms with Crippen molar-refractivity contribution in [1.29, 1.82) is 5.26 Å². The second-order valence-electron chi connectivity index (χ2n) is 9.69. The van der Waals surface area contributed by atoms with E-state index in [4.69, 9.17) is 16.0 Å². The highest BCUT2D eigenvalue weighted by Gasteiger charge is 2.24. The number of carbonyl (C=O) groups excluding carboxylic acids is 1. The maximum Gasteiger partial charge on any atom is 0.291 e. The Hall–Kier alpha value is -4.49. The van der Waals surface area contributed by atoms with E-state index in [0.29, 0.717) is 56.8 Å². The van der Waals surface area contributed by atoms with Crippen LogP contribution in [0, 0.1) is 18.3 Å². The van der Waals surface area contributed by atoms with E-state index in [-0.39, 0.29) is 12.5 Å². The van der Waals surface area contributed by atoms with Gasteiger partial charge in [0.05, 0.1) is 28.6 Å². The van der Waals surface area contributed by atoms with Crippen LogP contribution in [0.3, 0.4) is 0 Å². The molecule has 3 aromatic carbocycles. The van der Waals surface area contributed by atoms with Crippen LogP contribution in [0.1, 0.15) is 38.7 Å². The molecule has 0 fully saturated rings. The van der Waals surface area contributed by atoms with Gasteiger partial charge in [-0.15, -0.1) is 0 Å². The number of nitrogens with zero attached hydrogens (tertiary/aromatic N) is 4. The summed E-state index contributed by atoms with van der Waals surface area (Å²) in [4.78, 5) is 22.4. The van der Waals surface area contributed by atoms with Gasteiger partial charge in [0.15, 0.2) is 11.4 Å². The van der Waals surface area contributed by atoms with Crippen molar-refractivity contribution >= 4 is 34.3 Å². The molecule has 0 saturated carbocycles. The van der Waals surface area contributed by atoms with Gasteiger partial charge in [-0.2, -0.15) is 5.26 Å². The molecule has 2 aromatic heterocycles. The predicted molar refractivity (Wildman–Crippen MR) is 152 cm³/mol. The lowest BCUT2D eigenvalue weighted by Crippen LogP contribution is -2.24. The number of fused-ring (bicyclic) bond motifs is 2. The molecule has 9 nitrogen and oxygen atoms in total. The Bertz CT molecular complexity index is 1850. The van der Waals surface area contributed by atoms with Crippen LogP contribution in [0.2, 0.25) is 5.02 Å². The Morgan fingerprint density at radius 2 is 1.98 bits per heavy atom. The number of aliphatic hydroxyl groups excluding tert-OH is 1. The molecule has 0 spiro atoms. The van der Waals surface area contributed by atoms with Crippen LogP contribution < -0.4 is 10.6 Å². The average molecular weight is 553 g/mol. The van der Waals surface area contributed by atoms with Gasteiger partial charge in [-0.1, -0.05) is 35.9 Å². The number of benzene rings is 3. The lowest BCUT2D eigenvalue weighted by atomic mass is 9.92. The van der Waals surface area contributed by atoms with E-state index < -0.39 is 0 Å². The van der Waals surface area contributed by atoms with Gasteiger partial charge in [0, 0.05) is 43.4 Å². The van der Waals surface area contributed by atoms with Gasteiger partial charge in [-0.3, -0.25) is 4.79 Å². The minimum Gasteiger partial charge on any atom is -0.434 e. The molecule has 0 unspecified atom stereocenters. The number of anilines is 1. The van der Waals surface area contributed by atoms with Gasteiger partial charge >= 0.3 is 0 Å².